The largest absolute Gasteiger partial charge is 0.450 e. The third-order valence-corrected chi connectivity index (χ3v) is 2.62. The Hall–Kier alpha value is -1.81. The number of ether oxygens (including phenoxy) is 1. The number of nitrogens with two attached hydrogens (primary N) is 1. The van der Waals surface area contributed by atoms with Crippen molar-refractivity contribution in [1.29, 1.82) is 0 Å². The van der Waals surface area contributed by atoms with Crippen LogP contribution in [0.4, 0.5) is 14.5 Å². The average Bonchev–Trinajstić information content (AvgIpc) is 2.25. The van der Waals surface area contributed by atoms with Gasteiger partial charge in [-0.15, -0.1) is 0 Å². The summed E-state index contributed by atoms with van der Waals surface area (Å²) in [7, 11) is 0. The van der Waals surface area contributed by atoms with Crippen molar-refractivity contribution >= 4 is 17.3 Å². The Morgan fingerprint density at radius 3 is 2.28 bits per heavy atom. The van der Waals surface area contributed by atoms with Crippen molar-refractivity contribution in [2.45, 2.75) is 6.92 Å². The average molecular weight is 270 g/mol. The number of halogens is 3. The molecule has 0 bridgehead atoms. The van der Waals surface area contributed by atoms with Gasteiger partial charge in [-0.2, -0.15) is 0 Å². The number of aryl methyl sites for hydroxylation is 1. The summed E-state index contributed by atoms with van der Waals surface area (Å²) in [5, 5.41) is 0.283. The Labute approximate surface area is 108 Å². The predicted octanol–water partition coefficient (Wildman–Crippen LogP) is 4.30. The standard InChI is InChI=1S/C13H10ClF2NO/c1-7-2-3-12(9(14)4-7)18-13-10(15)5-8(17)6-11(13)16/h2-6H,17H2,1H3. The molecule has 0 aliphatic rings. The number of rotatable bonds is 2. The molecular weight excluding hydrogens is 260 g/mol. The van der Waals surface area contributed by atoms with Crippen LogP contribution in [0.25, 0.3) is 0 Å². The molecule has 0 aliphatic carbocycles. The van der Waals surface area contributed by atoms with Gasteiger partial charge in [-0.1, -0.05) is 17.7 Å². The van der Waals surface area contributed by atoms with Crippen LogP contribution in [0.5, 0.6) is 11.5 Å². The van der Waals surface area contributed by atoms with E-state index in [0.29, 0.717) is 0 Å². The lowest BCUT2D eigenvalue weighted by Gasteiger charge is -2.10. The normalized spacial score (nSPS) is 10.4. The molecule has 2 N–H and O–H groups in total. The van der Waals surface area contributed by atoms with Gasteiger partial charge in [0.25, 0.3) is 0 Å². The summed E-state index contributed by atoms with van der Waals surface area (Å²) < 4.78 is 32.2. The minimum Gasteiger partial charge on any atom is -0.450 e. The van der Waals surface area contributed by atoms with Crippen LogP contribution >= 0.6 is 11.6 Å². The molecule has 5 heteroatoms. The molecule has 0 amide bonds. The van der Waals surface area contributed by atoms with Gasteiger partial charge in [-0.3, -0.25) is 0 Å². The molecule has 0 saturated heterocycles. The molecule has 0 unspecified atom stereocenters. The van der Waals surface area contributed by atoms with Crippen LogP contribution in [0.1, 0.15) is 5.56 Å². The quantitative estimate of drug-likeness (QED) is 0.825. The number of hydrogen-bond acceptors (Lipinski definition) is 2. The minimum atomic E-state index is -0.871. The highest BCUT2D eigenvalue weighted by Crippen LogP contribution is 2.33. The SMILES string of the molecule is Cc1ccc(Oc2c(F)cc(N)cc2F)c(Cl)c1. The molecule has 94 valence electrons. The molecule has 0 fully saturated rings. The predicted molar refractivity (Wildman–Crippen MR) is 67.0 cm³/mol. The maximum absolute atomic E-state index is 13.5. The van der Waals surface area contributed by atoms with Crippen LogP contribution in [0, 0.1) is 18.6 Å². The van der Waals surface area contributed by atoms with E-state index in [1.54, 1.807) is 18.2 Å². The van der Waals surface area contributed by atoms with Crippen molar-refractivity contribution in [3.63, 3.8) is 0 Å². The molecule has 0 saturated carbocycles. The second-order valence-electron chi connectivity index (χ2n) is 3.85. The zero-order valence-corrected chi connectivity index (χ0v) is 10.3. The highest BCUT2D eigenvalue weighted by atomic mass is 35.5. The Bertz CT molecular complexity index is 579. The second kappa shape index (κ2) is 4.82. The minimum absolute atomic E-state index is 0.00708. The highest BCUT2D eigenvalue weighted by Gasteiger charge is 2.14. The van der Waals surface area contributed by atoms with Crippen LogP contribution in [0.2, 0.25) is 5.02 Å². The molecule has 0 spiro atoms. The van der Waals surface area contributed by atoms with Crippen LogP contribution in [0.3, 0.4) is 0 Å². The van der Waals surface area contributed by atoms with E-state index < -0.39 is 17.4 Å². The molecule has 2 nitrogen and oxygen atoms in total. The Kier molecular flexibility index (Phi) is 3.39. The van der Waals surface area contributed by atoms with E-state index in [-0.39, 0.29) is 16.5 Å². The Morgan fingerprint density at radius 2 is 1.72 bits per heavy atom. The molecule has 0 aromatic heterocycles. The number of anilines is 1. The van der Waals surface area contributed by atoms with Crippen molar-refractivity contribution < 1.29 is 13.5 Å². The fraction of sp³-hybridized carbons (Fsp3) is 0.0769. The fourth-order valence-electron chi connectivity index (χ4n) is 1.48. The van der Waals surface area contributed by atoms with Gasteiger partial charge in [0.1, 0.15) is 5.75 Å². The van der Waals surface area contributed by atoms with E-state index in [9.17, 15) is 8.78 Å². The van der Waals surface area contributed by atoms with E-state index in [4.69, 9.17) is 22.1 Å². The first kappa shape index (κ1) is 12.6. The lowest BCUT2D eigenvalue weighted by molar-refractivity contribution is 0.408. The van der Waals surface area contributed by atoms with Crippen molar-refractivity contribution in [3.05, 3.63) is 52.6 Å². The first-order chi connectivity index (χ1) is 8.47. The highest BCUT2D eigenvalue weighted by molar-refractivity contribution is 6.32. The monoisotopic (exact) mass is 269 g/mol. The van der Waals surface area contributed by atoms with Gasteiger partial charge >= 0.3 is 0 Å². The fourth-order valence-corrected chi connectivity index (χ4v) is 1.75. The first-order valence-corrected chi connectivity index (χ1v) is 5.53. The summed E-state index contributed by atoms with van der Waals surface area (Å²) in [6.07, 6.45) is 0. The molecule has 2 rings (SSSR count). The summed E-state index contributed by atoms with van der Waals surface area (Å²) in [4.78, 5) is 0. The van der Waals surface area contributed by atoms with Gasteiger partial charge < -0.3 is 10.5 Å². The summed E-state index contributed by atoms with van der Waals surface area (Å²) in [5.74, 6) is -2.08. The summed E-state index contributed by atoms with van der Waals surface area (Å²) in [5.41, 5.74) is 6.22. The van der Waals surface area contributed by atoms with E-state index in [0.717, 1.165) is 17.7 Å². The third-order valence-electron chi connectivity index (χ3n) is 2.32. The van der Waals surface area contributed by atoms with Gasteiger partial charge in [0.15, 0.2) is 17.4 Å². The molecule has 2 aromatic rings. The van der Waals surface area contributed by atoms with Crippen molar-refractivity contribution in [2.75, 3.05) is 5.73 Å². The molecule has 0 aliphatic heterocycles. The summed E-state index contributed by atoms with van der Waals surface area (Å²) >= 11 is 5.92. The van der Waals surface area contributed by atoms with Gasteiger partial charge in [0.05, 0.1) is 5.02 Å². The first-order valence-electron chi connectivity index (χ1n) is 5.16. The smallest absolute Gasteiger partial charge is 0.198 e. The lowest BCUT2D eigenvalue weighted by Crippen LogP contribution is -1.96. The van der Waals surface area contributed by atoms with E-state index in [1.807, 2.05) is 6.92 Å². The summed E-state index contributed by atoms with van der Waals surface area (Å²) in [6, 6.07) is 6.90. The number of nitrogen functional groups attached to an aromatic ring is 1. The van der Waals surface area contributed by atoms with E-state index in [1.165, 1.54) is 0 Å². The van der Waals surface area contributed by atoms with Crippen LogP contribution in [-0.2, 0) is 0 Å². The van der Waals surface area contributed by atoms with Gasteiger partial charge in [0.2, 0.25) is 0 Å². The maximum Gasteiger partial charge on any atom is 0.198 e. The number of hydrogen-bond donors (Lipinski definition) is 1. The molecule has 0 heterocycles. The van der Waals surface area contributed by atoms with Crippen molar-refractivity contribution in [1.82, 2.24) is 0 Å². The molecule has 0 radical (unpaired) electrons. The Balaban J connectivity index is 2.40. The lowest BCUT2D eigenvalue weighted by atomic mass is 10.2. The van der Waals surface area contributed by atoms with Crippen LogP contribution < -0.4 is 10.5 Å². The van der Waals surface area contributed by atoms with Crippen LogP contribution in [0.15, 0.2) is 30.3 Å². The zero-order chi connectivity index (χ0) is 13.3. The van der Waals surface area contributed by atoms with Gasteiger partial charge in [-0.05, 0) is 24.6 Å². The molecular formula is C13H10ClF2NO. The second-order valence-corrected chi connectivity index (χ2v) is 4.26. The van der Waals surface area contributed by atoms with E-state index in [2.05, 4.69) is 0 Å². The summed E-state index contributed by atoms with van der Waals surface area (Å²) in [6.45, 7) is 1.85. The molecule has 18 heavy (non-hydrogen) atoms. The van der Waals surface area contributed by atoms with Gasteiger partial charge in [-0.25, -0.2) is 8.78 Å². The molecule has 0 atom stereocenters. The Morgan fingerprint density at radius 1 is 1.11 bits per heavy atom. The topological polar surface area (TPSA) is 35.2 Å². The number of benzene rings is 2. The zero-order valence-electron chi connectivity index (χ0n) is 9.51. The van der Waals surface area contributed by atoms with Crippen molar-refractivity contribution in [2.24, 2.45) is 0 Å². The van der Waals surface area contributed by atoms with Crippen molar-refractivity contribution in [3.8, 4) is 11.5 Å². The van der Waals surface area contributed by atoms with E-state index >= 15 is 0 Å². The molecule has 2 aromatic carbocycles. The maximum atomic E-state index is 13.5. The van der Waals surface area contributed by atoms with Gasteiger partial charge in [0, 0.05) is 17.8 Å². The van der Waals surface area contributed by atoms with Crippen LogP contribution in [-0.4, -0.2) is 0 Å². The third kappa shape index (κ3) is 2.54.